The number of rotatable bonds is 45. The summed E-state index contributed by atoms with van der Waals surface area (Å²) in [5.41, 5.74) is 0. The largest absolute Gasteiger partial charge is 0.472 e. The van der Waals surface area contributed by atoms with Crippen LogP contribution in [-0.2, 0) is 42.2 Å². The van der Waals surface area contributed by atoms with E-state index in [9.17, 15) is 28.9 Å². The molecule has 0 bridgehead atoms. The van der Waals surface area contributed by atoms with Crippen LogP contribution in [0.25, 0.3) is 0 Å². The van der Waals surface area contributed by atoms with Gasteiger partial charge in [0.15, 0.2) is 6.10 Å². The van der Waals surface area contributed by atoms with Crippen LogP contribution in [0.3, 0.4) is 0 Å². The highest BCUT2D eigenvalue weighted by molar-refractivity contribution is 7.47. The average molecular weight is 1020 g/mol. The number of phosphoric acid groups is 1. The minimum atomic E-state index is -4.81. The lowest BCUT2D eigenvalue weighted by Gasteiger charge is -2.21. The molecule has 0 aromatic rings. The lowest BCUT2D eigenvalue weighted by atomic mass is 10.2. The molecule has 0 saturated heterocycles. The van der Waals surface area contributed by atoms with Gasteiger partial charge in [0, 0.05) is 6.42 Å². The van der Waals surface area contributed by atoms with E-state index in [-0.39, 0.29) is 19.3 Å². The van der Waals surface area contributed by atoms with Gasteiger partial charge in [-0.1, -0.05) is 191 Å². The van der Waals surface area contributed by atoms with Crippen molar-refractivity contribution < 1.29 is 52.2 Å². The summed E-state index contributed by atoms with van der Waals surface area (Å²) < 4.78 is 39.1. The van der Waals surface area contributed by atoms with E-state index in [1.807, 2.05) is 36.5 Å². The highest BCUT2D eigenvalue weighted by Crippen LogP contribution is 2.43. The maximum atomic E-state index is 12.8. The van der Waals surface area contributed by atoms with Crippen LogP contribution in [0.5, 0.6) is 0 Å². The van der Waals surface area contributed by atoms with E-state index in [1.165, 1.54) is 0 Å². The van der Waals surface area contributed by atoms with Gasteiger partial charge in [-0.3, -0.25) is 23.4 Å². The van der Waals surface area contributed by atoms with Gasteiger partial charge in [0.2, 0.25) is 0 Å². The van der Waals surface area contributed by atoms with E-state index >= 15 is 0 Å². The van der Waals surface area contributed by atoms with Crippen molar-refractivity contribution in [2.24, 2.45) is 0 Å². The first-order valence-corrected chi connectivity index (χ1v) is 27.5. The van der Waals surface area contributed by atoms with E-state index in [2.05, 4.69) is 142 Å². The number of aliphatic hydroxyl groups excluding tert-OH is 1. The number of aliphatic hydroxyl groups is 1. The summed E-state index contributed by atoms with van der Waals surface area (Å²) >= 11 is 0. The molecule has 3 unspecified atom stereocenters. The molecule has 0 aromatic carbocycles. The molecule has 11 nitrogen and oxygen atoms in total. The van der Waals surface area contributed by atoms with E-state index in [1.54, 1.807) is 12.2 Å². The number of carbonyl (C=O) groups is 3. The van der Waals surface area contributed by atoms with Crippen molar-refractivity contribution in [3.8, 4) is 0 Å². The first kappa shape index (κ1) is 66.8. The summed E-state index contributed by atoms with van der Waals surface area (Å²) in [4.78, 5) is 48.2. The van der Waals surface area contributed by atoms with E-state index in [4.69, 9.17) is 23.3 Å². The van der Waals surface area contributed by atoms with Crippen LogP contribution in [0, 0.1) is 0 Å². The Bertz CT molecular complexity index is 1850. The predicted octanol–water partition coefficient (Wildman–Crippen LogP) is 15.1. The molecule has 0 heterocycles. The molecule has 0 saturated carbocycles. The van der Waals surface area contributed by atoms with Crippen molar-refractivity contribution in [1.29, 1.82) is 0 Å². The van der Waals surface area contributed by atoms with Crippen molar-refractivity contribution in [3.05, 3.63) is 170 Å². The van der Waals surface area contributed by atoms with Crippen LogP contribution in [0.2, 0.25) is 0 Å². The number of allylic oxidation sites excluding steroid dienone is 26. The molecule has 3 atom stereocenters. The van der Waals surface area contributed by atoms with Crippen molar-refractivity contribution >= 4 is 25.7 Å². The summed E-state index contributed by atoms with van der Waals surface area (Å²) in [5, 5.41) is 9.78. The second kappa shape index (κ2) is 52.2. The Morgan fingerprint density at radius 3 is 1.10 bits per heavy atom. The first-order valence-electron chi connectivity index (χ1n) is 26.0. The Morgan fingerprint density at radius 2 is 0.722 bits per heavy atom. The zero-order valence-electron chi connectivity index (χ0n) is 43.8. The third-order valence-corrected chi connectivity index (χ3v) is 10.6. The van der Waals surface area contributed by atoms with Gasteiger partial charge in [-0.15, -0.1) is 0 Å². The molecule has 0 radical (unpaired) electrons. The number of unbranched alkanes of at least 4 members (excludes halogenated alkanes) is 2. The van der Waals surface area contributed by atoms with Crippen LogP contribution in [0.1, 0.15) is 149 Å². The summed E-state index contributed by atoms with van der Waals surface area (Å²) in [6, 6.07) is 0. The van der Waals surface area contributed by atoms with Gasteiger partial charge >= 0.3 is 25.7 Å². The van der Waals surface area contributed by atoms with Gasteiger partial charge in [-0.05, 0) is 109 Å². The average Bonchev–Trinajstić information content (AvgIpc) is 3.37. The number of phosphoric ester groups is 1. The van der Waals surface area contributed by atoms with E-state index in [0.29, 0.717) is 19.3 Å². The zero-order chi connectivity index (χ0) is 52.7. The molecule has 400 valence electrons. The van der Waals surface area contributed by atoms with Crippen LogP contribution < -0.4 is 0 Å². The smallest absolute Gasteiger partial charge is 0.461 e. The van der Waals surface area contributed by atoms with Gasteiger partial charge in [0.25, 0.3) is 0 Å². The number of hydrogen-bond acceptors (Lipinski definition) is 10. The van der Waals surface area contributed by atoms with Crippen LogP contribution in [-0.4, -0.2) is 66.5 Å². The minimum absolute atomic E-state index is 0.0384. The molecule has 0 spiro atoms. The summed E-state index contributed by atoms with van der Waals surface area (Å²) in [7, 11) is -4.81. The molecule has 0 aromatic heterocycles. The molecule has 2 N–H and O–H groups in total. The van der Waals surface area contributed by atoms with Crippen LogP contribution in [0.4, 0.5) is 0 Å². The normalized spacial score (nSPS) is 14.8. The third kappa shape index (κ3) is 49.8. The molecule has 0 amide bonds. The highest BCUT2D eigenvalue weighted by atomic mass is 31.2. The summed E-state index contributed by atoms with van der Waals surface area (Å²) in [6.07, 6.45) is 69.6. The molecule has 0 aliphatic rings. The van der Waals surface area contributed by atoms with E-state index < -0.39 is 64.4 Å². The van der Waals surface area contributed by atoms with Gasteiger partial charge in [0.05, 0.1) is 32.7 Å². The Labute approximate surface area is 434 Å². The molecule has 0 aliphatic heterocycles. The van der Waals surface area contributed by atoms with Crippen molar-refractivity contribution in [3.63, 3.8) is 0 Å². The minimum Gasteiger partial charge on any atom is -0.461 e. The van der Waals surface area contributed by atoms with Gasteiger partial charge in [0.1, 0.15) is 12.7 Å². The van der Waals surface area contributed by atoms with Gasteiger partial charge in [-0.25, -0.2) is 4.57 Å². The number of carbonyl (C=O) groups excluding carboxylic acids is 3. The highest BCUT2D eigenvalue weighted by Gasteiger charge is 2.28. The fourth-order valence-electron chi connectivity index (χ4n) is 5.85. The lowest BCUT2D eigenvalue weighted by Crippen LogP contribution is -2.30. The van der Waals surface area contributed by atoms with Crippen LogP contribution in [0.15, 0.2) is 170 Å². The number of ether oxygens (including phenoxy) is 3. The summed E-state index contributed by atoms with van der Waals surface area (Å²) in [6.45, 7) is 3.97. The predicted molar refractivity (Wildman–Crippen MR) is 297 cm³/mol. The lowest BCUT2D eigenvalue weighted by molar-refractivity contribution is -0.160. The second-order valence-electron chi connectivity index (χ2n) is 16.2. The van der Waals surface area contributed by atoms with E-state index in [0.717, 1.165) is 89.9 Å². The molecule has 12 heteroatoms. The molecule has 0 rings (SSSR count). The topological polar surface area (TPSA) is 155 Å². The standard InChI is InChI=1S/C60H89O11P/c1-4-7-10-13-16-19-22-25-28-31-34-37-40-43-46-49-58(62)67-53-57(71-60(64)51-48-45-42-39-36-33-30-27-24-21-18-15-12-9-6-3)55-69-72(65,66)68-54-56(52-61)70-59(63)50-47-44-41-38-35-32-29-26-23-20-17-14-11-8-5-2/h7-12,16-21,25-30,34-39,43,45-46,48,56-57,61H,4-6,13-15,22-24,31-33,40-42,44,47,49-55H2,1-3H3,(H,65,66)/b10-7-,11-8-,12-9-,19-16-,20-17-,21-18-,28-25-,29-26-,30-27-,37-34-,38-35-,39-36-,46-43-,48-45-. The Balaban J connectivity index is 5.03. The first-order chi connectivity index (χ1) is 35.2. The molecule has 0 fully saturated rings. The Hall–Kier alpha value is -5.16. The number of hydrogen-bond donors (Lipinski definition) is 2. The monoisotopic (exact) mass is 1020 g/mol. The fourth-order valence-corrected chi connectivity index (χ4v) is 6.63. The van der Waals surface area contributed by atoms with Crippen molar-refractivity contribution in [2.75, 3.05) is 26.4 Å². The Kier molecular flexibility index (Phi) is 48.4. The molecule has 0 aliphatic carbocycles. The summed E-state index contributed by atoms with van der Waals surface area (Å²) in [5.74, 6) is -1.85. The Morgan fingerprint density at radius 1 is 0.403 bits per heavy atom. The second-order valence-corrected chi connectivity index (χ2v) is 17.7. The van der Waals surface area contributed by atoms with Crippen LogP contribution >= 0.6 is 7.82 Å². The number of esters is 3. The zero-order valence-corrected chi connectivity index (χ0v) is 44.7. The molecule has 72 heavy (non-hydrogen) atoms. The van der Waals surface area contributed by atoms with Gasteiger partial charge in [-0.2, -0.15) is 0 Å². The van der Waals surface area contributed by atoms with Crippen molar-refractivity contribution in [2.45, 2.75) is 161 Å². The maximum absolute atomic E-state index is 12.8. The molecular weight excluding hydrogens is 928 g/mol. The van der Waals surface area contributed by atoms with Gasteiger partial charge < -0.3 is 24.2 Å². The third-order valence-electron chi connectivity index (χ3n) is 9.68. The molecular formula is C60H89O11P. The SMILES string of the molecule is CC/C=C\C/C=C\C/C=C\C/C=C\C/C=C\CC(=O)OCC(COP(=O)(O)OCC(CO)OC(=O)CCCC/C=C\C/C=C\C/C=C\C/C=C\CC)OC(=O)C/C=C\C/C=C\C/C=C\C/C=C\C/C=C\CC. The fraction of sp³-hybridized carbons (Fsp3) is 0.483. The van der Waals surface area contributed by atoms with Crippen molar-refractivity contribution in [1.82, 2.24) is 0 Å². The maximum Gasteiger partial charge on any atom is 0.472 e. The quantitative estimate of drug-likeness (QED) is 0.0197.